The van der Waals surface area contributed by atoms with Gasteiger partial charge in [0.25, 0.3) is 0 Å². The Hall–Kier alpha value is -7.16. The molecule has 0 unspecified atom stereocenters. The van der Waals surface area contributed by atoms with Crippen LogP contribution in [0.5, 0.6) is 0 Å². The maximum atomic E-state index is 12.3. The van der Waals surface area contributed by atoms with Crippen LogP contribution in [0.4, 0.5) is 0 Å². The zero-order valence-corrected chi connectivity index (χ0v) is 32.8. The van der Waals surface area contributed by atoms with E-state index in [4.69, 9.17) is 5.73 Å². The van der Waals surface area contributed by atoms with Crippen molar-refractivity contribution in [1.82, 2.24) is 19.9 Å². The second-order valence-electron chi connectivity index (χ2n) is 14.5. The van der Waals surface area contributed by atoms with Crippen molar-refractivity contribution in [2.45, 2.75) is 103 Å². The highest BCUT2D eigenvalue weighted by molar-refractivity contribution is 5.75. The molecule has 0 saturated carbocycles. The maximum absolute atomic E-state index is 12.3. The van der Waals surface area contributed by atoms with E-state index in [-0.39, 0.29) is 104 Å². The van der Waals surface area contributed by atoms with Gasteiger partial charge in [-0.3, -0.25) is 38.4 Å². The average molecular weight is 854 g/mol. The molecule has 0 spiro atoms. The van der Waals surface area contributed by atoms with Crippen LogP contribution in [0.2, 0.25) is 0 Å². The minimum absolute atomic E-state index is 0.00541. The Kier molecular flexibility index (Phi) is 15.8. The molecule has 0 atom stereocenters. The summed E-state index contributed by atoms with van der Waals surface area (Å²) >= 11 is 0. The summed E-state index contributed by atoms with van der Waals surface area (Å²) in [6, 6.07) is 0. The molecule has 0 bridgehead atoms. The van der Waals surface area contributed by atoms with Gasteiger partial charge in [0.2, 0.25) is 0 Å². The minimum Gasteiger partial charge on any atom is -0.481 e. The number of nitrogens with two attached hydrogens (primary N) is 1. The molecule has 4 aromatic heterocycles. The molecule has 21 nitrogen and oxygen atoms in total. The summed E-state index contributed by atoms with van der Waals surface area (Å²) in [5.74, 6) is -9.67. The quantitative estimate of drug-likeness (QED) is 0.0407. The van der Waals surface area contributed by atoms with Crippen LogP contribution < -0.4 is 5.73 Å². The molecule has 0 aromatic carbocycles. The van der Waals surface area contributed by atoms with Crippen molar-refractivity contribution in [1.29, 1.82) is 0 Å². The van der Waals surface area contributed by atoms with Crippen molar-refractivity contribution in [3.05, 3.63) is 90.6 Å². The summed E-state index contributed by atoms with van der Waals surface area (Å²) in [5, 5.41) is 77.4. The third-order valence-electron chi connectivity index (χ3n) is 10.3. The predicted octanol–water partition coefficient (Wildman–Crippen LogP) is 1.81. The Morgan fingerprint density at radius 3 is 1.02 bits per heavy atom. The summed E-state index contributed by atoms with van der Waals surface area (Å²) in [6.07, 6.45) is -3.11. The van der Waals surface area contributed by atoms with E-state index < -0.39 is 86.3 Å². The molecule has 0 fully saturated rings. The number of aromatic amines is 4. The molecular formula is C40H47N5O16. The summed E-state index contributed by atoms with van der Waals surface area (Å²) in [6.45, 7) is -0.139. The normalized spacial score (nSPS) is 11.2. The van der Waals surface area contributed by atoms with E-state index in [1.54, 1.807) is 0 Å². The highest BCUT2D eigenvalue weighted by Gasteiger charge is 2.28. The smallest absolute Gasteiger partial charge is 0.307 e. The molecular weight excluding hydrogens is 806 g/mol. The number of carboxylic acids is 8. The Balaban J connectivity index is 1.94. The Bertz CT molecular complexity index is 2340. The maximum Gasteiger partial charge on any atom is 0.307 e. The first-order valence-electron chi connectivity index (χ1n) is 19.0. The number of rotatable bonds is 27. The van der Waals surface area contributed by atoms with Gasteiger partial charge in [-0.05, 0) is 70.2 Å². The van der Waals surface area contributed by atoms with Gasteiger partial charge in [0, 0.05) is 97.5 Å². The lowest BCUT2D eigenvalue weighted by atomic mass is 9.94. The largest absolute Gasteiger partial charge is 0.481 e. The molecule has 4 rings (SSSR count). The van der Waals surface area contributed by atoms with Gasteiger partial charge in [0.15, 0.2) is 0 Å². The third-order valence-corrected chi connectivity index (χ3v) is 10.3. The molecule has 14 N–H and O–H groups in total. The Morgan fingerprint density at radius 1 is 0.377 bits per heavy atom. The molecule has 0 amide bonds. The van der Waals surface area contributed by atoms with Gasteiger partial charge < -0.3 is 66.5 Å². The van der Waals surface area contributed by atoms with Crippen molar-refractivity contribution in [2.75, 3.05) is 0 Å². The molecule has 0 aliphatic rings. The number of hydrogen-bond acceptors (Lipinski definition) is 9. The van der Waals surface area contributed by atoms with Gasteiger partial charge >= 0.3 is 47.8 Å². The van der Waals surface area contributed by atoms with Crippen LogP contribution >= 0.6 is 0 Å². The van der Waals surface area contributed by atoms with Crippen LogP contribution in [0, 0.1) is 0 Å². The molecule has 0 saturated heterocycles. The van der Waals surface area contributed by atoms with Crippen molar-refractivity contribution in [3.8, 4) is 0 Å². The summed E-state index contributed by atoms with van der Waals surface area (Å²) < 4.78 is 0. The summed E-state index contributed by atoms with van der Waals surface area (Å²) in [5.41, 5.74) is 10.4. The third kappa shape index (κ3) is 12.7. The molecule has 0 aliphatic carbocycles. The second kappa shape index (κ2) is 20.7. The SMILES string of the molecule is NCc1[nH]c(Cc2[nH]c(Cc3[nH]c(Cc4[nH]cc(CCC(=O)O)c4CC(=O)O)c(CCC(=O)O)c3CC(=O)O)c(CCC(=O)O)c2CC(=O)O)c(CCC(=O)O)c1CC(=O)O. The Morgan fingerprint density at radius 2 is 0.672 bits per heavy atom. The molecule has 21 heteroatoms. The second-order valence-corrected chi connectivity index (χ2v) is 14.5. The van der Waals surface area contributed by atoms with Crippen molar-refractivity contribution >= 4 is 47.8 Å². The minimum atomic E-state index is -1.29. The van der Waals surface area contributed by atoms with Gasteiger partial charge in [0.1, 0.15) is 0 Å². The molecule has 4 heterocycles. The van der Waals surface area contributed by atoms with E-state index in [2.05, 4.69) is 19.9 Å². The van der Waals surface area contributed by atoms with Gasteiger partial charge in [-0.1, -0.05) is 0 Å². The first kappa shape index (κ1) is 46.5. The van der Waals surface area contributed by atoms with E-state index in [1.807, 2.05) is 0 Å². The highest BCUT2D eigenvalue weighted by Crippen LogP contribution is 2.33. The highest BCUT2D eigenvalue weighted by atomic mass is 16.4. The molecule has 61 heavy (non-hydrogen) atoms. The fourth-order valence-corrected chi connectivity index (χ4v) is 7.78. The van der Waals surface area contributed by atoms with E-state index in [1.165, 1.54) is 6.20 Å². The monoisotopic (exact) mass is 853 g/mol. The van der Waals surface area contributed by atoms with E-state index in [9.17, 15) is 79.2 Å². The van der Waals surface area contributed by atoms with Crippen LogP contribution in [-0.4, -0.2) is 109 Å². The van der Waals surface area contributed by atoms with Crippen LogP contribution in [0.1, 0.15) is 110 Å². The summed E-state index contributed by atoms with van der Waals surface area (Å²) in [4.78, 5) is 107. The van der Waals surface area contributed by atoms with Crippen molar-refractivity contribution in [2.24, 2.45) is 5.73 Å². The predicted molar refractivity (Wildman–Crippen MR) is 209 cm³/mol. The number of aliphatic carboxylic acids is 8. The fraction of sp³-hybridized carbons (Fsp3) is 0.400. The fourth-order valence-electron chi connectivity index (χ4n) is 7.78. The number of H-pyrrole nitrogens is 4. The van der Waals surface area contributed by atoms with Crippen LogP contribution in [0.3, 0.4) is 0 Å². The number of nitrogens with one attached hydrogen (secondary N) is 4. The zero-order chi connectivity index (χ0) is 45.1. The van der Waals surface area contributed by atoms with Crippen LogP contribution in [0.15, 0.2) is 6.20 Å². The van der Waals surface area contributed by atoms with Crippen molar-refractivity contribution < 1.29 is 79.2 Å². The molecule has 0 radical (unpaired) electrons. The topological polar surface area (TPSA) is 388 Å². The molecule has 328 valence electrons. The van der Waals surface area contributed by atoms with E-state index >= 15 is 0 Å². The van der Waals surface area contributed by atoms with Gasteiger partial charge in [-0.2, -0.15) is 0 Å². The van der Waals surface area contributed by atoms with Gasteiger partial charge in [0.05, 0.1) is 25.7 Å². The van der Waals surface area contributed by atoms with Crippen molar-refractivity contribution in [3.63, 3.8) is 0 Å². The number of carboxylic acid groups (broad SMARTS) is 8. The van der Waals surface area contributed by atoms with E-state index in [0.717, 1.165) is 0 Å². The first-order chi connectivity index (χ1) is 28.8. The standard InChI is InChI=1S/C40H47N5O16/c41-16-32-25(12-40(60)61)21(4-8-36(52)53)29(45-32)15-31-24(11-39(58)59)20(3-7-35(50)51)28(44-31)14-30-23(10-38(56)57)19(2-6-34(48)49)27(43-30)13-26-22(9-37(54)55)18(17-42-26)1-5-33(46)47/h17,42-45H,1-16,41H2,(H,46,47)(H,48,49)(H,50,51)(H,52,53)(H,54,55)(H,56,57)(H,58,59)(H,60,61). The molecule has 0 aliphatic heterocycles. The molecule has 4 aromatic rings. The van der Waals surface area contributed by atoms with E-state index in [0.29, 0.717) is 45.0 Å². The number of carbonyl (C=O) groups is 8. The first-order valence-corrected chi connectivity index (χ1v) is 19.0. The van der Waals surface area contributed by atoms with Crippen LogP contribution in [-0.2, 0) is 116 Å². The number of hydrogen-bond donors (Lipinski definition) is 13. The lowest BCUT2D eigenvalue weighted by Crippen LogP contribution is -2.09. The van der Waals surface area contributed by atoms with Crippen LogP contribution in [0.25, 0.3) is 0 Å². The number of aromatic nitrogens is 4. The summed E-state index contributed by atoms with van der Waals surface area (Å²) in [7, 11) is 0. The van der Waals surface area contributed by atoms with Gasteiger partial charge in [-0.15, -0.1) is 0 Å². The lowest BCUT2D eigenvalue weighted by molar-refractivity contribution is -0.138. The zero-order valence-electron chi connectivity index (χ0n) is 32.8. The average Bonchev–Trinajstić information content (AvgIpc) is 3.86. The lowest BCUT2D eigenvalue weighted by Gasteiger charge is -2.09. The number of aryl methyl sites for hydroxylation is 1. The van der Waals surface area contributed by atoms with Gasteiger partial charge in [-0.25, -0.2) is 0 Å². The Labute approximate surface area is 345 Å².